The van der Waals surface area contributed by atoms with Crippen LogP contribution in [-0.2, 0) is 14.4 Å². The molecule has 0 heterocycles. The van der Waals surface area contributed by atoms with Gasteiger partial charge in [-0.25, -0.2) is 0 Å². The summed E-state index contributed by atoms with van der Waals surface area (Å²) < 4.78 is 0. The van der Waals surface area contributed by atoms with Crippen LogP contribution in [0.15, 0.2) is 24.3 Å². The highest BCUT2D eigenvalue weighted by molar-refractivity contribution is 5.89. The predicted octanol–water partition coefficient (Wildman–Crippen LogP) is 0.848. The van der Waals surface area contributed by atoms with Crippen molar-refractivity contribution in [3.05, 3.63) is 29.8 Å². The summed E-state index contributed by atoms with van der Waals surface area (Å²) in [6.07, 6.45) is 1.90. The quantitative estimate of drug-likeness (QED) is 0.390. The van der Waals surface area contributed by atoms with E-state index in [1.54, 1.807) is 24.3 Å². The number of carboxylic acids is 2. The number of nitrogens with one attached hydrogen (secondary N) is 1. The number of carboxylic acid groups (broad SMARTS) is 2. The van der Waals surface area contributed by atoms with Crippen molar-refractivity contribution in [2.45, 2.75) is 32.7 Å². The van der Waals surface area contributed by atoms with Crippen LogP contribution >= 0.6 is 0 Å². The molecule has 1 rings (SSSR count). The average molecular weight is 372 g/mol. The van der Waals surface area contributed by atoms with E-state index in [4.69, 9.17) is 26.5 Å². The Morgan fingerprint density at radius 2 is 1.62 bits per heavy atom. The molecule has 0 unspecified atom stereocenters. The van der Waals surface area contributed by atoms with Gasteiger partial charge in [0.2, 0.25) is 5.91 Å². The maximum Gasteiger partial charge on any atom is 0.320 e. The molecule has 0 aliphatic heterocycles. The second-order valence-corrected chi connectivity index (χ2v) is 4.82. The molecule has 10 nitrogen and oxygen atoms in total. The van der Waals surface area contributed by atoms with E-state index in [2.05, 4.69) is 5.32 Å². The zero-order valence-corrected chi connectivity index (χ0v) is 15.0. The predicted molar refractivity (Wildman–Crippen MR) is 98.4 cm³/mol. The number of nitrogens with two attached hydrogens (primary N) is 2. The summed E-state index contributed by atoms with van der Waals surface area (Å²) in [7, 11) is 0. The first-order valence-corrected chi connectivity index (χ1v) is 7.34. The average Bonchev–Trinajstić information content (AvgIpc) is 2.52. The Kier molecular flexibility index (Phi) is 18.3. The molecule has 0 fully saturated rings. The van der Waals surface area contributed by atoms with E-state index in [9.17, 15) is 14.4 Å². The van der Waals surface area contributed by atoms with Gasteiger partial charge in [-0.05, 0) is 43.7 Å². The number of amides is 1. The van der Waals surface area contributed by atoms with Crippen LogP contribution in [0.5, 0.6) is 0 Å². The minimum absolute atomic E-state index is 0. The molecule has 0 spiro atoms. The number of carbonyl (C=O) groups is 4. The Hall–Kier alpha value is -2.82. The SMILES string of the molecule is CC(=O)Nc1ccc(C=O)cc1.CC(=O)O.N.NCCC[C@H](N)C(=O)O. The Labute approximate surface area is 152 Å². The number of aliphatic carboxylic acids is 2. The molecule has 0 aliphatic carbocycles. The van der Waals surface area contributed by atoms with E-state index in [-0.39, 0.29) is 12.1 Å². The largest absolute Gasteiger partial charge is 0.481 e. The molecule has 1 atom stereocenters. The molecule has 148 valence electrons. The van der Waals surface area contributed by atoms with Crippen molar-refractivity contribution < 1.29 is 29.4 Å². The standard InChI is InChI=1S/C9H9NO2.C5H12N2O2.C2H4O2.H3N/c1-7(12)10-9-4-2-8(6-11)3-5-9;6-3-1-2-4(7)5(8)9;1-2(3)4;/h2-6H,1H3,(H,10,12);4H,1-3,6-7H2,(H,8,9);1H3,(H,3,4);1H3/t;4-;;/m.0../s1. The van der Waals surface area contributed by atoms with Crippen molar-refractivity contribution in [1.29, 1.82) is 0 Å². The third-order valence-corrected chi connectivity index (χ3v) is 2.40. The second-order valence-electron chi connectivity index (χ2n) is 4.82. The van der Waals surface area contributed by atoms with Crippen molar-refractivity contribution >= 4 is 29.8 Å². The second kappa shape index (κ2) is 17.0. The van der Waals surface area contributed by atoms with Gasteiger partial charge >= 0.3 is 5.97 Å². The smallest absolute Gasteiger partial charge is 0.320 e. The van der Waals surface area contributed by atoms with Crippen LogP contribution in [0.4, 0.5) is 5.69 Å². The molecule has 0 saturated carbocycles. The van der Waals surface area contributed by atoms with Crippen LogP contribution in [0.25, 0.3) is 0 Å². The fourth-order valence-electron chi connectivity index (χ4n) is 1.31. The topological polar surface area (TPSA) is 208 Å². The molecule has 26 heavy (non-hydrogen) atoms. The van der Waals surface area contributed by atoms with E-state index >= 15 is 0 Å². The summed E-state index contributed by atoms with van der Waals surface area (Å²) in [5, 5.41) is 18.3. The summed E-state index contributed by atoms with van der Waals surface area (Å²) in [6.45, 7) is 3.02. The van der Waals surface area contributed by atoms with E-state index in [0.717, 1.165) is 13.2 Å². The van der Waals surface area contributed by atoms with Crippen molar-refractivity contribution in [1.82, 2.24) is 6.15 Å². The van der Waals surface area contributed by atoms with Crippen molar-refractivity contribution in [3.63, 3.8) is 0 Å². The van der Waals surface area contributed by atoms with Gasteiger partial charge in [-0.3, -0.25) is 19.2 Å². The van der Waals surface area contributed by atoms with Crippen LogP contribution in [0.2, 0.25) is 0 Å². The number of carbonyl (C=O) groups excluding carboxylic acids is 2. The minimum Gasteiger partial charge on any atom is -0.481 e. The lowest BCUT2D eigenvalue weighted by atomic mass is 10.2. The maximum atomic E-state index is 10.6. The molecule has 0 radical (unpaired) electrons. The van der Waals surface area contributed by atoms with E-state index in [1.165, 1.54) is 6.92 Å². The highest BCUT2D eigenvalue weighted by Crippen LogP contribution is 2.07. The molecule has 1 amide bonds. The van der Waals surface area contributed by atoms with Crippen LogP contribution < -0.4 is 22.9 Å². The fraction of sp³-hybridized carbons (Fsp3) is 0.375. The molecule has 1 aromatic rings. The summed E-state index contributed by atoms with van der Waals surface area (Å²) in [5.74, 6) is -1.91. The lowest BCUT2D eigenvalue weighted by Gasteiger charge is -2.02. The van der Waals surface area contributed by atoms with Crippen LogP contribution in [-0.4, -0.2) is 46.9 Å². The Morgan fingerprint density at radius 3 is 1.92 bits per heavy atom. The number of hydrogen-bond acceptors (Lipinski definition) is 7. The van der Waals surface area contributed by atoms with Crippen LogP contribution in [0, 0.1) is 0 Å². The van der Waals surface area contributed by atoms with Gasteiger partial charge in [0.1, 0.15) is 12.3 Å². The van der Waals surface area contributed by atoms with Gasteiger partial charge in [-0.15, -0.1) is 0 Å². The Morgan fingerprint density at radius 1 is 1.15 bits per heavy atom. The monoisotopic (exact) mass is 372 g/mol. The Balaban J connectivity index is -0.000000337. The van der Waals surface area contributed by atoms with Crippen molar-refractivity contribution in [3.8, 4) is 0 Å². The number of anilines is 1. The number of rotatable bonds is 6. The highest BCUT2D eigenvalue weighted by atomic mass is 16.4. The van der Waals surface area contributed by atoms with E-state index in [1.807, 2.05) is 0 Å². The van der Waals surface area contributed by atoms with Gasteiger partial charge in [-0.1, -0.05) is 0 Å². The lowest BCUT2D eigenvalue weighted by molar-refractivity contribution is -0.138. The van der Waals surface area contributed by atoms with E-state index < -0.39 is 18.0 Å². The maximum absolute atomic E-state index is 10.6. The molecular formula is C16H28N4O6. The highest BCUT2D eigenvalue weighted by Gasteiger charge is 2.08. The van der Waals surface area contributed by atoms with Crippen LogP contribution in [0.1, 0.15) is 37.0 Å². The zero-order valence-electron chi connectivity index (χ0n) is 15.0. The van der Waals surface area contributed by atoms with E-state index in [0.29, 0.717) is 30.6 Å². The summed E-state index contributed by atoms with van der Waals surface area (Å²) in [4.78, 5) is 39.9. The number of hydrogen-bond donors (Lipinski definition) is 6. The van der Waals surface area contributed by atoms with Crippen molar-refractivity contribution in [2.24, 2.45) is 11.5 Å². The normalized spacial score (nSPS) is 9.69. The molecule has 0 aromatic heterocycles. The molecule has 0 aliphatic rings. The number of aldehydes is 1. The van der Waals surface area contributed by atoms with Gasteiger partial charge < -0.3 is 33.1 Å². The van der Waals surface area contributed by atoms with Gasteiger partial charge in [0.05, 0.1) is 0 Å². The van der Waals surface area contributed by atoms with Gasteiger partial charge in [0, 0.05) is 25.1 Å². The van der Waals surface area contributed by atoms with Gasteiger partial charge in [0.25, 0.3) is 5.97 Å². The lowest BCUT2D eigenvalue weighted by Crippen LogP contribution is -2.30. The molecule has 0 saturated heterocycles. The van der Waals surface area contributed by atoms with Crippen LogP contribution in [0.3, 0.4) is 0 Å². The number of benzene rings is 1. The first-order chi connectivity index (χ1) is 11.6. The van der Waals surface area contributed by atoms with Gasteiger partial charge in [-0.2, -0.15) is 0 Å². The summed E-state index contributed by atoms with van der Waals surface area (Å²) in [5.41, 5.74) is 11.6. The third-order valence-electron chi connectivity index (χ3n) is 2.40. The Bertz CT molecular complexity index is 544. The third kappa shape index (κ3) is 19.2. The molecule has 10 N–H and O–H groups in total. The molecular weight excluding hydrogens is 344 g/mol. The first-order valence-electron chi connectivity index (χ1n) is 7.34. The summed E-state index contributed by atoms with van der Waals surface area (Å²) >= 11 is 0. The minimum atomic E-state index is -0.955. The van der Waals surface area contributed by atoms with Crippen molar-refractivity contribution in [2.75, 3.05) is 11.9 Å². The summed E-state index contributed by atoms with van der Waals surface area (Å²) in [6, 6.07) is 5.93. The molecule has 1 aromatic carbocycles. The zero-order chi connectivity index (χ0) is 19.8. The molecule has 10 heteroatoms. The van der Waals surface area contributed by atoms with Gasteiger partial charge in [0.15, 0.2) is 0 Å². The first kappa shape index (κ1) is 28.0. The fourth-order valence-corrected chi connectivity index (χ4v) is 1.31. The molecule has 0 bridgehead atoms.